The van der Waals surface area contributed by atoms with Crippen LogP contribution in [-0.4, -0.2) is 10.5 Å². The van der Waals surface area contributed by atoms with E-state index in [-0.39, 0.29) is 18.0 Å². The Hall–Kier alpha value is -2.82. The molecule has 0 spiro atoms. The Morgan fingerprint density at radius 2 is 2.05 bits per heavy atom. The van der Waals surface area contributed by atoms with Gasteiger partial charge in [-0.1, -0.05) is 18.2 Å². The van der Waals surface area contributed by atoms with Crippen LogP contribution in [-0.2, 0) is 13.6 Å². The molecule has 0 fully saturated rings. The summed E-state index contributed by atoms with van der Waals surface area (Å²) in [4.78, 5) is 24.3. The second-order valence-electron chi connectivity index (χ2n) is 4.73. The summed E-state index contributed by atoms with van der Waals surface area (Å²) in [5.41, 5.74) is 0.894. The van der Waals surface area contributed by atoms with Crippen molar-refractivity contribution in [3.05, 3.63) is 70.4 Å². The number of para-hydroxylation sites is 1. The maximum absolute atomic E-state index is 12.3. The largest absolute Gasteiger partial charge is 0.467 e. The third-order valence-corrected chi connectivity index (χ3v) is 3.40. The van der Waals surface area contributed by atoms with Gasteiger partial charge < -0.3 is 14.3 Å². The van der Waals surface area contributed by atoms with Crippen LogP contribution in [0.5, 0.6) is 0 Å². The molecule has 3 aromatic rings. The van der Waals surface area contributed by atoms with E-state index in [1.807, 2.05) is 24.3 Å². The molecule has 0 bridgehead atoms. The van der Waals surface area contributed by atoms with Crippen molar-refractivity contribution in [2.24, 2.45) is 7.05 Å². The van der Waals surface area contributed by atoms with E-state index in [4.69, 9.17) is 4.42 Å². The fourth-order valence-corrected chi connectivity index (χ4v) is 2.27. The molecule has 0 aliphatic rings. The highest BCUT2D eigenvalue weighted by atomic mass is 16.3. The Labute approximate surface area is 120 Å². The van der Waals surface area contributed by atoms with E-state index in [0.717, 1.165) is 10.9 Å². The Bertz CT molecular complexity index is 848. The fraction of sp³-hybridized carbons (Fsp3) is 0.125. The normalized spacial score (nSPS) is 10.7. The van der Waals surface area contributed by atoms with Crippen molar-refractivity contribution in [2.45, 2.75) is 6.54 Å². The molecule has 21 heavy (non-hydrogen) atoms. The third kappa shape index (κ3) is 2.45. The first-order chi connectivity index (χ1) is 10.2. The summed E-state index contributed by atoms with van der Waals surface area (Å²) in [6.07, 6.45) is 1.55. The summed E-state index contributed by atoms with van der Waals surface area (Å²) in [6, 6.07) is 12.2. The molecule has 0 saturated heterocycles. The zero-order valence-corrected chi connectivity index (χ0v) is 11.5. The smallest absolute Gasteiger partial charge is 0.252 e. The predicted octanol–water partition coefficient (Wildman–Crippen LogP) is 2.06. The molecule has 3 rings (SSSR count). The summed E-state index contributed by atoms with van der Waals surface area (Å²) < 4.78 is 6.70. The number of nitrogens with zero attached hydrogens (tertiary/aromatic N) is 1. The van der Waals surface area contributed by atoms with Crippen LogP contribution in [0.15, 0.2) is 57.9 Å². The van der Waals surface area contributed by atoms with Crippen LogP contribution in [0.1, 0.15) is 16.1 Å². The van der Waals surface area contributed by atoms with Crippen LogP contribution < -0.4 is 10.9 Å². The van der Waals surface area contributed by atoms with E-state index in [2.05, 4.69) is 5.32 Å². The number of hydrogen-bond acceptors (Lipinski definition) is 3. The number of amides is 1. The van der Waals surface area contributed by atoms with E-state index in [9.17, 15) is 9.59 Å². The molecule has 1 N–H and O–H groups in total. The highest BCUT2D eigenvalue weighted by Crippen LogP contribution is 2.16. The first-order valence-corrected chi connectivity index (χ1v) is 6.56. The van der Waals surface area contributed by atoms with Gasteiger partial charge in [0.1, 0.15) is 5.76 Å². The number of nitrogens with one attached hydrogen (secondary N) is 1. The summed E-state index contributed by atoms with van der Waals surface area (Å²) in [6.45, 7) is 0.287. The molecule has 1 aromatic carbocycles. The van der Waals surface area contributed by atoms with Gasteiger partial charge in [-0.05, 0) is 18.2 Å². The molecular formula is C16H14N2O3. The third-order valence-electron chi connectivity index (χ3n) is 3.40. The summed E-state index contributed by atoms with van der Waals surface area (Å²) in [5.74, 6) is 0.372. The number of furan rings is 1. The molecule has 0 radical (unpaired) electrons. The lowest BCUT2D eigenvalue weighted by molar-refractivity contribution is 0.0949. The van der Waals surface area contributed by atoms with Crippen molar-refractivity contribution in [2.75, 3.05) is 0 Å². The second-order valence-corrected chi connectivity index (χ2v) is 4.73. The van der Waals surface area contributed by atoms with Crippen LogP contribution in [0.3, 0.4) is 0 Å². The standard InChI is InChI=1S/C16H14N2O3/c1-18-14-7-3-2-6-12(14)13(9-15(18)19)16(20)17-10-11-5-4-8-21-11/h2-9H,10H2,1H3,(H,17,20). The average Bonchev–Trinajstić information content (AvgIpc) is 3.02. The van der Waals surface area contributed by atoms with Gasteiger partial charge in [0.2, 0.25) is 0 Å². The van der Waals surface area contributed by atoms with Gasteiger partial charge in [0, 0.05) is 18.5 Å². The molecule has 106 valence electrons. The summed E-state index contributed by atoms with van der Waals surface area (Å²) >= 11 is 0. The summed E-state index contributed by atoms with van der Waals surface area (Å²) in [7, 11) is 1.69. The van der Waals surface area contributed by atoms with Crippen molar-refractivity contribution >= 4 is 16.8 Å². The number of aryl methyl sites for hydroxylation is 1. The minimum atomic E-state index is -0.291. The highest BCUT2D eigenvalue weighted by Gasteiger charge is 2.13. The number of carbonyl (C=O) groups excluding carboxylic acids is 1. The van der Waals surface area contributed by atoms with E-state index >= 15 is 0 Å². The van der Waals surface area contributed by atoms with Crippen LogP contribution in [0, 0.1) is 0 Å². The van der Waals surface area contributed by atoms with Gasteiger partial charge in [0.05, 0.1) is 23.9 Å². The van der Waals surface area contributed by atoms with E-state index < -0.39 is 0 Å². The number of fused-ring (bicyclic) bond motifs is 1. The SMILES string of the molecule is Cn1c(=O)cc(C(=O)NCc2ccco2)c2ccccc21. The van der Waals surface area contributed by atoms with Gasteiger partial charge in [-0.25, -0.2) is 0 Å². The van der Waals surface area contributed by atoms with Gasteiger partial charge in [0.25, 0.3) is 11.5 Å². The number of hydrogen-bond donors (Lipinski definition) is 1. The zero-order chi connectivity index (χ0) is 14.8. The van der Waals surface area contributed by atoms with Crippen molar-refractivity contribution in [3.8, 4) is 0 Å². The molecule has 5 heteroatoms. The number of pyridine rings is 1. The van der Waals surface area contributed by atoms with E-state index in [1.165, 1.54) is 10.6 Å². The topological polar surface area (TPSA) is 64.2 Å². The number of rotatable bonds is 3. The fourth-order valence-electron chi connectivity index (χ4n) is 2.27. The highest BCUT2D eigenvalue weighted by molar-refractivity contribution is 6.06. The maximum Gasteiger partial charge on any atom is 0.252 e. The molecule has 0 unspecified atom stereocenters. The average molecular weight is 282 g/mol. The molecule has 2 heterocycles. The minimum Gasteiger partial charge on any atom is -0.467 e. The van der Waals surface area contributed by atoms with Crippen LogP contribution in [0.2, 0.25) is 0 Å². The molecule has 0 atom stereocenters. The monoisotopic (exact) mass is 282 g/mol. The van der Waals surface area contributed by atoms with Crippen LogP contribution in [0.4, 0.5) is 0 Å². The molecule has 1 amide bonds. The Kier molecular flexibility index (Phi) is 3.31. The minimum absolute atomic E-state index is 0.211. The predicted molar refractivity (Wildman–Crippen MR) is 79.1 cm³/mol. The second kappa shape index (κ2) is 5.28. The van der Waals surface area contributed by atoms with E-state index in [0.29, 0.717) is 11.3 Å². The Morgan fingerprint density at radius 3 is 2.81 bits per heavy atom. The van der Waals surface area contributed by atoms with Gasteiger partial charge in [0.15, 0.2) is 0 Å². The molecule has 0 aliphatic carbocycles. The first-order valence-electron chi connectivity index (χ1n) is 6.56. The first kappa shape index (κ1) is 13.2. The maximum atomic E-state index is 12.3. The van der Waals surface area contributed by atoms with Gasteiger partial charge in [-0.3, -0.25) is 9.59 Å². The molecule has 5 nitrogen and oxygen atoms in total. The number of benzene rings is 1. The van der Waals surface area contributed by atoms with Crippen molar-refractivity contribution < 1.29 is 9.21 Å². The van der Waals surface area contributed by atoms with Crippen molar-refractivity contribution in [1.29, 1.82) is 0 Å². The zero-order valence-electron chi connectivity index (χ0n) is 11.5. The van der Waals surface area contributed by atoms with Gasteiger partial charge in [-0.15, -0.1) is 0 Å². The van der Waals surface area contributed by atoms with Crippen molar-refractivity contribution in [1.82, 2.24) is 9.88 Å². The lowest BCUT2D eigenvalue weighted by atomic mass is 10.1. The Balaban J connectivity index is 1.98. The number of aromatic nitrogens is 1. The number of carbonyl (C=O) groups is 1. The molecule has 2 aromatic heterocycles. The van der Waals surface area contributed by atoms with Gasteiger partial charge in [-0.2, -0.15) is 0 Å². The lowest BCUT2D eigenvalue weighted by Gasteiger charge is -2.10. The summed E-state index contributed by atoms with van der Waals surface area (Å²) in [5, 5.41) is 3.51. The molecule has 0 aliphatic heterocycles. The molecule has 0 saturated carbocycles. The van der Waals surface area contributed by atoms with Crippen molar-refractivity contribution in [3.63, 3.8) is 0 Å². The van der Waals surface area contributed by atoms with Gasteiger partial charge >= 0.3 is 0 Å². The van der Waals surface area contributed by atoms with Crippen LogP contribution >= 0.6 is 0 Å². The van der Waals surface area contributed by atoms with E-state index in [1.54, 1.807) is 25.4 Å². The lowest BCUT2D eigenvalue weighted by Crippen LogP contribution is -2.26. The van der Waals surface area contributed by atoms with Crippen LogP contribution in [0.25, 0.3) is 10.9 Å². The Morgan fingerprint density at radius 1 is 1.24 bits per heavy atom. The molecular weight excluding hydrogens is 268 g/mol. The quantitative estimate of drug-likeness (QED) is 0.799.